The summed E-state index contributed by atoms with van der Waals surface area (Å²) in [5.74, 6) is 2.39. The zero-order valence-electron chi connectivity index (χ0n) is 19.6. The maximum atomic E-state index is 13.0. The van der Waals surface area contributed by atoms with Crippen molar-refractivity contribution in [1.82, 2.24) is 14.8 Å². The summed E-state index contributed by atoms with van der Waals surface area (Å²) in [4.78, 5) is 22.4. The molecule has 2 heterocycles. The molecule has 6 heteroatoms. The van der Waals surface area contributed by atoms with Gasteiger partial charge in [0.25, 0.3) is 0 Å². The van der Waals surface area contributed by atoms with Gasteiger partial charge in [0.05, 0.1) is 19.3 Å². The number of amides is 1. The Balaban J connectivity index is 1.23. The number of nitrogens with zero attached hydrogens (tertiary/aromatic N) is 3. The molecule has 174 valence electrons. The number of thiazole rings is 1. The van der Waals surface area contributed by atoms with E-state index >= 15 is 0 Å². The van der Waals surface area contributed by atoms with Gasteiger partial charge in [-0.2, -0.15) is 0 Å². The van der Waals surface area contributed by atoms with Gasteiger partial charge in [-0.15, -0.1) is 11.3 Å². The third-order valence-corrected chi connectivity index (χ3v) is 7.96. The first-order valence-electron chi connectivity index (χ1n) is 12.3. The molecular formula is C26H37N3O2S. The van der Waals surface area contributed by atoms with Crippen molar-refractivity contribution in [2.75, 3.05) is 33.3 Å². The Morgan fingerprint density at radius 2 is 1.94 bits per heavy atom. The van der Waals surface area contributed by atoms with Crippen LogP contribution in [0.1, 0.15) is 56.9 Å². The lowest BCUT2D eigenvalue weighted by Crippen LogP contribution is -2.50. The minimum absolute atomic E-state index is 0.267. The predicted molar refractivity (Wildman–Crippen MR) is 131 cm³/mol. The molecule has 1 saturated carbocycles. The van der Waals surface area contributed by atoms with E-state index in [1.807, 2.05) is 18.2 Å². The normalized spacial score (nSPS) is 22.1. The standard InChI is InChI=1S/C26H37N3O2S/c1-3-4-6-20-9-11-21(12-10-20)26(30)29-15-13-28(14-16-29)18-25-27-24(19-32-25)22-7-5-8-23(17-22)31-2/h5,7-8,17,19-21H,3-4,6,9-16,18H2,1-2H3. The second kappa shape index (κ2) is 11.3. The molecule has 0 radical (unpaired) electrons. The number of hydrogen-bond acceptors (Lipinski definition) is 5. The van der Waals surface area contributed by atoms with E-state index in [9.17, 15) is 4.79 Å². The van der Waals surface area contributed by atoms with E-state index in [0.29, 0.717) is 5.91 Å². The highest BCUT2D eigenvalue weighted by molar-refractivity contribution is 7.09. The molecule has 0 spiro atoms. The Morgan fingerprint density at radius 1 is 1.16 bits per heavy atom. The molecule has 2 fully saturated rings. The number of carbonyl (C=O) groups excluding carboxylic acids is 1. The third kappa shape index (κ3) is 5.90. The van der Waals surface area contributed by atoms with Gasteiger partial charge in [0.2, 0.25) is 5.91 Å². The van der Waals surface area contributed by atoms with Crippen molar-refractivity contribution in [3.63, 3.8) is 0 Å². The average Bonchev–Trinajstić information content (AvgIpc) is 3.31. The third-order valence-electron chi connectivity index (χ3n) is 7.12. The van der Waals surface area contributed by atoms with Crippen LogP contribution in [-0.4, -0.2) is 54.0 Å². The molecule has 2 aromatic rings. The van der Waals surface area contributed by atoms with E-state index in [2.05, 4.69) is 28.2 Å². The van der Waals surface area contributed by atoms with Crippen LogP contribution in [0.2, 0.25) is 0 Å². The van der Waals surface area contributed by atoms with Crippen molar-refractivity contribution < 1.29 is 9.53 Å². The zero-order valence-corrected chi connectivity index (χ0v) is 20.4. The SMILES string of the molecule is CCCCC1CCC(C(=O)N2CCN(Cc3nc(-c4cccc(OC)c4)cs3)CC2)CC1. The minimum Gasteiger partial charge on any atom is -0.497 e. The van der Waals surface area contributed by atoms with Crippen molar-refractivity contribution in [2.45, 2.75) is 58.4 Å². The van der Waals surface area contributed by atoms with Crippen molar-refractivity contribution in [3.05, 3.63) is 34.7 Å². The van der Waals surface area contributed by atoms with Crippen LogP contribution in [0.5, 0.6) is 5.75 Å². The number of carbonyl (C=O) groups is 1. The van der Waals surface area contributed by atoms with Gasteiger partial charge in [-0.05, 0) is 43.7 Å². The van der Waals surface area contributed by atoms with Crippen molar-refractivity contribution in [2.24, 2.45) is 11.8 Å². The molecule has 0 atom stereocenters. The summed E-state index contributed by atoms with van der Waals surface area (Å²) in [5.41, 5.74) is 2.10. The number of benzene rings is 1. The maximum absolute atomic E-state index is 13.0. The summed E-state index contributed by atoms with van der Waals surface area (Å²) in [6.07, 6.45) is 8.66. The molecule has 32 heavy (non-hydrogen) atoms. The summed E-state index contributed by atoms with van der Waals surface area (Å²) in [7, 11) is 1.69. The smallest absolute Gasteiger partial charge is 0.225 e. The highest BCUT2D eigenvalue weighted by atomic mass is 32.1. The van der Waals surface area contributed by atoms with Gasteiger partial charge in [-0.25, -0.2) is 4.98 Å². The number of aromatic nitrogens is 1. The molecule has 2 aliphatic rings. The molecular weight excluding hydrogens is 418 g/mol. The van der Waals surface area contributed by atoms with E-state index in [1.165, 1.54) is 32.1 Å². The molecule has 0 bridgehead atoms. The zero-order chi connectivity index (χ0) is 22.3. The fourth-order valence-electron chi connectivity index (χ4n) is 5.07. The van der Waals surface area contributed by atoms with E-state index < -0.39 is 0 Å². The van der Waals surface area contributed by atoms with Gasteiger partial charge in [0, 0.05) is 43.0 Å². The average molecular weight is 456 g/mol. The number of rotatable bonds is 8. The van der Waals surface area contributed by atoms with Crippen LogP contribution in [0.15, 0.2) is 29.6 Å². The fraction of sp³-hybridized carbons (Fsp3) is 0.615. The Kier molecular flexibility index (Phi) is 8.20. The Bertz CT molecular complexity index is 867. The highest BCUT2D eigenvalue weighted by Gasteiger charge is 2.31. The van der Waals surface area contributed by atoms with Gasteiger partial charge in [0.1, 0.15) is 10.8 Å². The van der Waals surface area contributed by atoms with Crippen LogP contribution < -0.4 is 4.74 Å². The van der Waals surface area contributed by atoms with Gasteiger partial charge in [0.15, 0.2) is 0 Å². The lowest BCUT2D eigenvalue weighted by Gasteiger charge is -2.37. The van der Waals surface area contributed by atoms with Crippen LogP contribution in [0.3, 0.4) is 0 Å². The summed E-state index contributed by atoms with van der Waals surface area (Å²) >= 11 is 1.71. The molecule has 1 amide bonds. The maximum Gasteiger partial charge on any atom is 0.225 e. The van der Waals surface area contributed by atoms with Gasteiger partial charge in [-0.1, -0.05) is 38.3 Å². The van der Waals surface area contributed by atoms with Crippen molar-refractivity contribution >= 4 is 17.2 Å². The number of piperazine rings is 1. The Hall–Kier alpha value is -1.92. The number of hydrogen-bond donors (Lipinski definition) is 0. The van der Waals surface area contributed by atoms with Crippen LogP contribution in [0.25, 0.3) is 11.3 Å². The molecule has 1 saturated heterocycles. The minimum atomic E-state index is 0.267. The van der Waals surface area contributed by atoms with Crippen LogP contribution >= 0.6 is 11.3 Å². The van der Waals surface area contributed by atoms with E-state index in [1.54, 1.807) is 18.4 Å². The summed E-state index contributed by atoms with van der Waals surface area (Å²) < 4.78 is 5.33. The van der Waals surface area contributed by atoms with Gasteiger partial charge < -0.3 is 9.64 Å². The number of methoxy groups -OCH3 is 1. The molecule has 4 rings (SSSR count). The summed E-state index contributed by atoms with van der Waals surface area (Å²) in [6.45, 7) is 6.70. The molecule has 5 nitrogen and oxygen atoms in total. The molecule has 1 aromatic carbocycles. The van der Waals surface area contributed by atoms with E-state index in [4.69, 9.17) is 9.72 Å². The molecule has 1 aliphatic heterocycles. The first-order valence-corrected chi connectivity index (χ1v) is 13.1. The molecule has 0 unspecified atom stereocenters. The first-order chi connectivity index (χ1) is 15.7. The summed E-state index contributed by atoms with van der Waals surface area (Å²) in [5, 5.41) is 3.26. The molecule has 1 aliphatic carbocycles. The number of unbranched alkanes of at least 4 members (excludes halogenated alkanes) is 1. The lowest BCUT2D eigenvalue weighted by atomic mass is 9.79. The van der Waals surface area contributed by atoms with Crippen molar-refractivity contribution in [3.8, 4) is 17.0 Å². The second-order valence-corrected chi connectivity index (χ2v) is 10.3. The quantitative estimate of drug-likeness (QED) is 0.530. The van der Waals surface area contributed by atoms with E-state index in [0.717, 1.165) is 73.5 Å². The van der Waals surface area contributed by atoms with Gasteiger partial charge >= 0.3 is 0 Å². The van der Waals surface area contributed by atoms with Gasteiger partial charge in [-0.3, -0.25) is 9.69 Å². The molecule has 0 N–H and O–H groups in total. The van der Waals surface area contributed by atoms with Crippen LogP contribution in [0, 0.1) is 11.8 Å². The Labute approximate surface area is 196 Å². The second-order valence-electron chi connectivity index (χ2n) is 9.32. The summed E-state index contributed by atoms with van der Waals surface area (Å²) in [6, 6.07) is 8.06. The van der Waals surface area contributed by atoms with Crippen LogP contribution in [-0.2, 0) is 11.3 Å². The number of ether oxygens (including phenoxy) is 1. The van der Waals surface area contributed by atoms with Crippen LogP contribution in [0.4, 0.5) is 0 Å². The fourth-order valence-corrected chi connectivity index (χ4v) is 5.91. The topological polar surface area (TPSA) is 45.7 Å². The predicted octanol–water partition coefficient (Wildman–Crippen LogP) is 5.46. The van der Waals surface area contributed by atoms with Crippen molar-refractivity contribution in [1.29, 1.82) is 0 Å². The highest BCUT2D eigenvalue weighted by Crippen LogP contribution is 2.33. The molecule has 1 aromatic heterocycles. The first kappa shape index (κ1) is 23.2. The van der Waals surface area contributed by atoms with E-state index in [-0.39, 0.29) is 5.92 Å². The largest absolute Gasteiger partial charge is 0.497 e. The monoisotopic (exact) mass is 455 g/mol. The Morgan fingerprint density at radius 3 is 2.66 bits per heavy atom. The lowest BCUT2D eigenvalue weighted by molar-refractivity contribution is -0.138.